The Bertz CT molecular complexity index is 474. The fraction of sp³-hybridized carbons (Fsp3) is 0.100. The van der Waals surface area contributed by atoms with Gasteiger partial charge in [-0.3, -0.25) is 0 Å². The standard InChI is InChI=1S/C10H10ClN5/c11-9-14-8(6-12)15-10(16-9)13-7-4-2-1-3-5-7/h1-5H,6,12H2,(H,13,14,15,16). The summed E-state index contributed by atoms with van der Waals surface area (Å²) < 4.78 is 0. The molecule has 0 atom stereocenters. The first-order valence-electron chi connectivity index (χ1n) is 4.70. The molecule has 0 aliphatic carbocycles. The topological polar surface area (TPSA) is 76.7 Å². The second-order valence-corrected chi connectivity index (χ2v) is 3.38. The van der Waals surface area contributed by atoms with Gasteiger partial charge in [-0.15, -0.1) is 0 Å². The normalized spacial score (nSPS) is 10.1. The summed E-state index contributed by atoms with van der Waals surface area (Å²) in [5, 5.41) is 3.15. The van der Waals surface area contributed by atoms with Crippen molar-refractivity contribution in [3.63, 3.8) is 0 Å². The minimum Gasteiger partial charge on any atom is -0.324 e. The molecule has 0 radical (unpaired) electrons. The number of nitrogens with zero attached hydrogens (tertiary/aromatic N) is 3. The van der Waals surface area contributed by atoms with Crippen molar-refractivity contribution in [3.05, 3.63) is 41.4 Å². The van der Waals surface area contributed by atoms with Crippen LogP contribution in [-0.4, -0.2) is 15.0 Å². The van der Waals surface area contributed by atoms with E-state index in [0.29, 0.717) is 11.8 Å². The minimum absolute atomic E-state index is 0.133. The molecule has 0 saturated carbocycles. The van der Waals surface area contributed by atoms with Crippen molar-refractivity contribution in [2.75, 3.05) is 5.32 Å². The van der Waals surface area contributed by atoms with Gasteiger partial charge >= 0.3 is 0 Å². The number of hydrogen-bond donors (Lipinski definition) is 2. The highest BCUT2D eigenvalue weighted by Crippen LogP contribution is 2.13. The Kier molecular flexibility index (Phi) is 3.28. The van der Waals surface area contributed by atoms with E-state index in [-0.39, 0.29) is 11.8 Å². The smallest absolute Gasteiger partial charge is 0.231 e. The Balaban J connectivity index is 2.24. The number of benzene rings is 1. The number of nitrogens with one attached hydrogen (secondary N) is 1. The average Bonchev–Trinajstić information content (AvgIpc) is 2.29. The summed E-state index contributed by atoms with van der Waals surface area (Å²) >= 11 is 5.74. The first kappa shape index (κ1) is 10.8. The summed E-state index contributed by atoms with van der Waals surface area (Å²) in [7, 11) is 0. The number of anilines is 2. The lowest BCUT2D eigenvalue weighted by Crippen LogP contribution is -2.07. The SMILES string of the molecule is NCc1nc(Cl)nc(Nc2ccccc2)n1. The maximum Gasteiger partial charge on any atom is 0.231 e. The van der Waals surface area contributed by atoms with Crippen LogP contribution in [0.3, 0.4) is 0 Å². The van der Waals surface area contributed by atoms with E-state index in [2.05, 4.69) is 20.3 Å². The second kappa shape index (κ2) is 4.87. The first-order chi connectivity index (χ1) is 7.78. The second-order valence-electron chi connectivity index (χ2n) is 3.04. The molecule has 2 aromatic rings. The van der Waals surface area contributed by atoms with E-state index in [1.54, 1.807) is 0 Å². The number of aromatic nitrogens is 3. The zero-order chi connectivity index (χ0) is 11.4. The van der Waals surface area contributed by atoms with Crippen LogP contribution < -0.4 is 11.1 Å². The molecule has 0 aliphatic heterocycles. The van der Waals surface area contributed by atoms with Crippen molar-refractivity contribution in [1.82, 2.24) is 15.0 Å². The molecule has 0 bridgehead atoms. The van der Waals surface area contributed by atoms with Crippen molar-refractivity contribution >= 4 is 23.2 Å². The molecule has 1 aromatic heterocycles. The summed E-state index contributed by atoms with van der Waals surface area (Å²) in [4.78, 5) is 11.9. The molecule has 0 saturated heterocycles. The molecule has 0 fully saturated rings. The van der Waals surface area contributed by atoms with Crippen LogP contribution in [0.2, 0.25) is 5.28 Å². The molecule has 82 valence electrons. The van der Waals surface area contributed by atoms with Crippen LogP contribution in [0.4, 0.5) is 11.6 Å². The fourth-order valence-corrected chi connectivity index (χ4v) is 1.37. The highest BCUT2D eigenvalue weighted by molar-refractivity contribution is 6.28. The number of hydrogen-bond acceptors (Lipinski definition) is 5. The number of para-hydroxylation sites is 1. The molecule has 1 aromatic carbocycles. The molecule has 2 rings (SSSR count). The third-order valence-corrected chi connectivity index (χ3v) is 2.04. The molecule has 5 nitrogen and oxygen atoms in total. The van der Waals surface area contributed by atoms with Crippen LogP contribution in [0.25, 0.3) is 0 Å². The number of halogens is 1. The van der Waals surface area contributed by atoms with E-state index >= 15 is 0 Å². The Morgan fingerprint density at radius 2 is 1.88 bits per heavy atom. The summed E-state index contributed by atoms with van der Waals surface area (Å²) in [6.45, 7) is 0.228. The summed E-state index contributed by atoms with van der Waals surface area (Å²) in [5.41, 5.74) is 6.32. The maximum absolute atomic E-state index is 5.74. The van der Waals surface area contributed by atoms with Gasteiger partial charge < -0.3 is 11.1 Å². The minimum atomic E-state index is 0.133. The van der Waals surface area contributed by atoms with Gasteiger partial charge in [0.2, 0.25) is 11.2 Å². The summed E-state index contributed by atoms with van der Waals surface area (Å²) in [5.74, 6) is 0.852. The molecular weight excluding hydrogens is 226 g/mol. The highest BCUT2D eigenvalue weighted by Gasteiger charge is 2.03. The Hall–Kier alpha value is -1.72. The Labute approximate surface area is 97.7 Å². The largest absolute Gasteiger partial charge is 0.324 e. The molecule has 1 heterocycles. The lowest BCUT2D eigenvalue weighted by Gasteiger charge is -2.05. The van der Waals surface area contributed by atoms with Crippen LogP contribution in [0.1, 0.15) is 5.82 Å². The van der Waals surface area contributed by atoms with E-state index in [4.69, 9.17) is 17.3 Å². The van der Waals surface area contributed by atoms with Crippen molar-refractivity contribution in [3.8, 4) is 0 Å². The van der Waals surface area contributed by atoms with Crippen molar-refractivity contribution in [2.24, 2.45) is 5.73 Å². The van der Waals surface area contributed by atoms with E-state index in [1.807, 2.05) is 30.3 Å². The molecule has 6 heteroatoms. The van der Waals surface area contributed by atoms with E-state index in [0.717, 1.165) is 5.69 Å². The zero-order valence-corrected chi connectivity index (χ0v) is 9.15. The molecule has 16 heavy (non-hydrogen) atoms. The third-order valence-electron chi connectivity index (χ3n) is 1.87. The van der Waals surface area contributed by atoms with E-state index < -0.39 is 0 Å². The van der Waals surface area contributed by atoms with Crippen LogP contribution >= 0.6 is 11.6 Å². The van der Waals surface area contributed by atoms with E-state index in [1.165, 1.54) is 0 Å². The quantitative estimate of drug-likeness (QED) is 0.847. The summed E-state index contributed by atoms with van der Waals surface area (Å²) in [6, 6.07) is 9.56. The average molecular weight is 236 g/mol. The summed E-state index contributed by atoms with van der Waals surface area (Å²) in [6.07, 6.45) is 0. The lowest BCUT2D eigenvalue weighted by molar-refractivity contribution is 0.881. The molecule has 0 unspecified atom stereocenters. The monoisotopic (exact) mass is 235 g/mol. The molecular formula is C10H10ClN5. The van der Waals surface area contributed by atoms with Gasteiger partial charge in [-0.25, -0.2) is 4.98 Å². The number of rotatable bonds is 3. The van der Waals surface area contributed by atoms with Crippen LogP contribution in [0.5, 0.6) is 0 Å². The van der Waals surface area contributed by atoms with Gasteiger partial charge in [0.1, 0.15) is 5.82 Å². The van der Waals surface area contributed by atoms with Crippen LogP contribution in [0.15, 0.2) is 30.3 Å². The zero-order valence-electron chi connectivity index (χ0n) is 8.39. The maximum atomic E-state index is 5.74. The van der Waals surface area contributed by atoms with Gasteiger partial charge in [0, 0.05) is 5.69 Å². The van der Waals surface area contributed by atoms with Gasteiger partial charge in [0.25, 0.3) is 0 Å². The van der Waals surface area contributed by atoms with Gasteiger partial charge in [-0.1, -0.05) is 18.2 Å². The highest BCUT2D eigenvalue weighted by atomic mass is 35.5. The predicted molar refractivity (Wildman–Crippen MR) is 62.5 cm³/mol. The molecule has 0 spiro atoms. The van der Waals surface area contributed by atoms with Crippen molar-refractivity contribution < 1.29 is 0 Å². The van der Waals surface area contributed by atoms with E-state index in [9.17, 15) is 0 Å². The number of nitrogens with two attached hydrogens (primary N) is 1. The molecule has 0 amide bonds. The van der Waals surface area contributed by atoms with Crippen molar-refractivity contribution in [2.45, 2.75) is 6.54 Å². The van der Waals surface area contributed by atoms with Crippen LogP contribution in [0, 0.1) is 0 Å². The molecule has 0 aliphatic rings. The van der Waals surface area contributed by atoms with Crippen molar-refractivity contribution in [1.29, 1.82) is 0 Å². The Morgan fingerprint density at radius 1 is 1.12 bits per heavy atom. The molecule has 3 N–H and O–H groups in total. The third kappa shape index (κ3) is 2.65. The van der Waals surface area contributed by atoms with Gasteiger partial charge in [0.15, 0.2) is 0 Å². The van der Waals surface area contributed by atoms with Gasteiger partial charge in [-0.05, 0) is 23.7 Å². The predicted octanol–water partition coefficient (Wildman–Crippen LogP) is 1.73. The fourth-order valence-electron chi connectivity index (χ4n) is 1.19. The first-order valence-corrected chi connectivity index (χ1v) is 5.08. The Morgan fingerprint density at radius 3 is 2.56 bits per heavy atom. The lowest BCUT2D eigenvalue weighted by atomic mass is 10.3. The van der Waals surface area contributed by atoms with Gasteiger partial charge in [-0.2, -0.15) is 9.97 Å². The van der Waals surface area contributed by atoms with Gasteiger partial charge in [0.05, 0.1) is 6.54 Å². The van der Waals surface area contributed by atoms with Crippen LogP contribution in [-0.2, 0) is 6.54 Å².